The molecule has 2 aliphatic heterocycles. The highest BCUT2D eigenvalue weighted by molar-refractivity contribution is 7.09. The number of hydrogen-bond acceptors (Lipinski definition) is 5. The molecule has 2 N–H and O–H groups in total. The van der Waals surface area contributed by atoms with Crippen LogP contribution in [-0.2, 0) is 4.79 Å². The van der Waals surface area contributed by atoms with Gasteiger partial charge >= 0.3 is 0 Å². The number of rotatable bonds is 4. The molecule has 1 saturated heterocycles. The van der Waals surface area contributed by atoms with E-state index in [1.54, 1.807) is 11.3 Å². The van der Waals surface area contributed by atoms with Crippen LogP contribution in [0.1, 0.15) is 65.1 Å². The lowest BCUT2D eigenvalue weighted by atomic mass is 9.81. The first kappa shape index (κ1) is 22.3. The van der Waals surface area contributed by atoms with Crippen LogP contribution in [0, 0.1) is 11.8 Å². The summed E-state index contributed by atoms with van der Waals surface area (Å²) in [5.74, 6) is 0.187. The molecule has 6 nitrogen and oxygen atoms in total. The first-order valence-electron chi connectivity index (χ1n) is 12.6. The normalized spacial score (nSPS) is 27.4. The molecule has 6 rings (SSSR count). The van der Waals surface area contributed by atoms with Crippen LogP contribution < -0.4 is 10.6 Å². The Bertz CT molecular complexity index is 1200. The van der Waals surface area contributed by atoms with Crippen molar-refractivity contribution >= 4 is 28.8 Å². The van der Waals surface area contributed by atoms with E-state index in [9.17, 15) is 9.59 Å². The highest BCUT2D eigenvalue weighted by Crippen LogP contribution is 2.52. The summed E-state index contributed by atoms with van der Waals surface area (Å²) in [6.45, 7) is 0.738. The summed E-state index contributed by atoms with van der Waals surface area (Å²) in [6, 6.07) is 17.7. The third-order valence-electron chi connectivity index (χ3n) is 7.90. The minimum absolute atomic E-state index is 0.0289. The van der Waals surface area contributed by atoms with Crippen LogP contribution in [0.2, 0.25) is 0 Å². The lowest BCUT2D eigenvalue weighted by Crippen LogP contribution is -2.50. The van der Waals surface area contributed by atoms with Crippen LogP contribution >= 0.6 is 11.3 Å². The number of nitrogens with one attached hydrogen (secondary N) is 2. The second-order valence-electron chi connectivity index (χ2n) is 9.85. The molecule has 180 valence electrons. The molecule has 2 aromatic carbocycles. The number of anilines is 1. The van der Waals surface area contributed by atoms with Crippen molar-refractivity contribution in [2.75, 3.05) is 11.9 Å². The second-order valence-corrected chi connectivity index (χ2v) is 10.8. The lowest BCUT2D eigenvalue weighted by Gasteiger charge is -2.41. The van der Waals surface area contributed by atoms with Gasteiger partial charge in [-0.25, -0.2) is 4.98 Å². The first-order chi connectivity index (χ1) is 17.2. The summed E-state index contributed by atoms with van der Waals surface area (Å²) in [5, 5.41) is 10.0. The van der Waals surface area contributed by atoms with Gasteiger partial charge in [0.05, 0.1) is 18.0 Å². The molecule has 1 aliphatic carbocycles. The van der Waals surface area contributed by atoms with Crippen LogP contribution in [0.3, 0.4) is 0 Å². The molecule has 1 saturated carbocycles. The number of benzene rings is 2. The van der Waals surface area contributed by atoms with E-state index in [4.69, 9.17) is 0 Å². The van der Waals surface area contributed by atoms with E-state index in [2.05, 4.69) is 38.7 Å². The summed E-state index contributed by atoms with van der Waals surface area (Å²) < 4.78 is 0. The van der Waals surface area contributed by atoms with Gasteiger partial charge in [-0.2, -0.15) is 0 Å². The number of thiazole rings is 1. The maximum atomic E-state index is 14.1. The van der Waals surface area contributed by atoms with Crippen molar-refractivity contribution in [1.29, 1.82) is 0 Å². The number of likely N-dealkylation sites (tertiary alicyclic amines) is 1. The average Bonchev–Trinajstić information content (AvgIpc) is 3.60. The van der Waals surface area contributed by atoms with E-state index in [1.165, 1.54) is 5.56 Å². The number of aromatic nitrogens is 1. The van der Waals surface area contributed by atoms with Gasteiger partial charge in [0.1, 0.15) is 5.01 Å². The zero-order chi connectivity index (χ0) is 23.8. The Labute approximate surface area is 209 Å². The van der Waals surface area contributed by atoms with Crippen LogP contribution in [0.4, 0.5) is 5.69 Å². The number of carbonyl (C=O) groups is 2. The fourth-order valence-corrected chi connectivity index (χ4v) is 7.02. The summed E-state index contributed by atoms with van der Waals surface area (Å²) in [4.78, 5) is 33.8. The SMILES string of the molecule is O=C(N[C@@H]1CCCC[C@@H]1C(=O)N1CC[C@H]2[C@@H](c3nccs3)Nc3ccccc3[C@H]21)c1ccccc1. The average molecular weight is 487 g/mol. The Morgan fingerprint density at radius 2 is 1.80 bits per heavy atom. The van der Waals surface area contributed by atoms with Crippen molar-refractivity contribution < 1.29 is 9.59 Å². The highest BCUT2D eigenvalue weighted by atomic mass is 32.1. The number of fused-ring (bicyclic) bond motifs is 3. The Balaban J connectivity index is 1.27. The quantitative estimate of drug-likeness (QED) is 0.532. The van der Waals surface area contributed by atoms with E-state index >= 15 is 0 Å². The van der Waals surface area contributed by atoms with Gasteiger partial charge in [-0.3, -0.25) is 9.59 Å². The van der Waals surface area contributed by atoms with Crippen molar-refractivity contribution in [3.8, 4) is 0 Å². The number of amides is 2. The largest absolute Gasteiger partial charge is 0.375 e. The minimum Gasteiger partial charge on any atom is -0.375 e. The monoisotopic (exact) mass is 486 g/mol. The lowest BCUT2D eigenvalue weighted by molar-refractivity contribution is -0.138. The molecule has 0 unspecified atom stereocenters. The molecule has 7 heteroatoms. The van der Waals surface area contributed by atoms with Crippen molar-refractivity contribution in [3.63, 3.8) is 0 Å². The van der Waals surface area contributed by atoms with E-state index in [0.29, 0.717) is 5.56 Å². The van der Waals surface area contributed by atoms with Gasteiger partial charge in [0.15, 0.2) is 0 Å². The molecule has 2 amide bonds. The van der Waals surface area contributed by atoms with Crippen LogP contribution in [0.5, 0.6) is 0 Å². The minimum atomic E-state index is -0.185. The smallest absolute Gasteiger partial charge is 0.251 e. The maximum absolute atomic E-state index is 14.1. The van der Waals surface area contributed by atoms with Crippen molar-refractivity contribution in [1.82, 2.24) is 15.2 Å². The van der Waals surface area contributed by atoms with Gasteiger partial charge in [0.25, 0.3) is 5.91 Å². The standard InChI is InChI=1S/C28H30N4O2S/c33-26(18-8-2-1-3-9-18)31-23-13-7-5-11-20(23)28(34)32-16-14-21-24(27-29-15-17-35-27)30-22-12-6-4-10-19(22)25(21)32/h1-4,6,8-10,12,15,17,20-21,23-25,30H,5,7,11,13-14,16H2,(H,31,33)/t20-,21-,23+,24-,25+/m0/s1. The topological polar surface area (TPSA) is 74.3 Å². The second kappa shape index (κ2) is 9.46. The molecule has 1 aromatic heterocycles. The van der Waals surface area contributed by atoms with E-state index in [-0.39, 0.29) is 41.8 Å². The Kier molecular flexibility index (Phi) is 6.02. The maximum Gasteiger partial charge on any atom is 0.251 e. The Morgan fingerprint density at radius 1 is 1.00 bits per heavy atom. The summed E-state index contributed by atoms with van der Waals surface area (Å²) >= 11 is 1.67. The van der Waals surface area contributed by atoms with Gasteiger partial charge in [-0.05, 0) is 43.0 Å². The molecule has 0 bridgehead atoms. The number of carbonyl (C=O) groups excluding carboxylic acids is 2. The predicted octanol–water partition coefficient (Wildman–Crippen LogP) is 5.19. The Morgan fingerprint density at radius 3 is 2.63 bits per heavy atom. The van der Waals surface area contributed by atoms with E-state index in [0.717, 1.165) is 49.3 Å². The van der Waals surface area contributed by atoms with Gasteiger partial charge in [0, 0.05) is 41.3 Å². The van der Waals surface area contributed by atoms with Crippen molar-refractivity contribution in [2.24, 2.45) is 11.8 Å². The van der Waals surface area contributed by atoms with Gasteiger partial charge in [0.2, 0.25) is 5.91 Å². The number of para-hydroxylation sites is 1. The van der Waals surface area contributed by atoms with Crippen LogP contribution in [0.25, 0.3) is 0 Å². The van der Waals surface area contributed by atoms with E-state index < -0.39 is 0 Å². The fraction of sp³-hybridized carbons (Fsp3) is 0.393. The summed E-state index contributed by atoms with van der Waals surface area (Å²) in [6.07, 6.45) is 6.52. The molecule has 3 heterocycles. The first-order valence-corrected chi connectivity index (χ1v) is 13.5. The zero-order valence-corrected chi connectivity index (χ0v) is 20.4. The zero-order valence-electron chi connectivity index (χ0n) is 19.6. The third-order valence-corrected chi connectivity index (χ3v) is 8.76. The molecule has 35 heavy (non-hydrogen) atoms. The molecule has 0 spiro atoms. The molecular formula is C28H30N4O2S. The highest BCUT2D eigenvalue weighted by Gasteiger charge is 2.49. The molecular weight excluding hydrogens is 456 g/mol. The molecule has 3 aromatic rings. The summed E-state index contributed by atoms with van der Waals surface area (Å²) in [7, 11) is 0. The molecule has 5 atom stereocenters. The number of nitrogens with zero attached hydrogens (tertiary/aromatic N) is 2. The molecule has 3 aliphatic rings. The van der Waals surface area contributed by atoms with Gasteiger partial charge in [-0.15, -0.1) is 11.3 Å². The number of hydrogen-bond donors (Lipinski definition) is 2. The molecule has 2 fully saturated rings. The van der Waals surface area contributed by atoms with Crippen LogP contribution in [-0.4, -0.2) is 34.3 Å². The van der Waals surface area contributed by atoms with Gasteiger partial charge in [-0.1, -0.05) is 49.2 Å². The van der Waals surface area contributed by atoms with Crippen LogP contribution in [0.15, 0.2) is 66.2 Å². The molecule has 0 radical (unpaired) electrons. The third kappa shape index (κ3) is 4.12. The summed E-state index contributed by atoms with van der Waals surface area (Å²) in [5.41, 5.74) is 2.92. The van der Waals surface area contributed by atoms with Crippen molar-refractivity contribution in [3.05, 3.63) is 82.3 Å². The fourth-order valence-electron chi connectivity index (χ4n) is 6.26. The van der Waals surface area contributed by atoms with E-state index in [1.807, 2.05) is 48.0 Å². The van der Waals surface area contributed by atoms with Crippen molar-refractivity contribution in [2.45, 2.75) is 50.2 Å². The Hall–Kier alpha value is -3.19. The van der Waals surface area contributed by atoms with Gasteiger partial charge < -0.3 is 15.5 Å². The predicted molar refractivity (Wildman–Crippen MR) is 137 cm³/mol.